The van der Waals surface area contributed by atoms with Crippen LogP contribution in [0.15, 0.2) is 95.9 Å². The van der Waals surface area contributed by atoms with Crippen LogP contribution in [0.5, 0.6) is 0 Å². The monoisotopic (exact) mass is 493 g/mol. The highest BCUT2D eigenvalue weighted by molar-refractivity contribution is 7.92. The molecule has 3 aromatic carbocycles. The van der Waals surface area contributed by atoms with Crippen LogP contribution in [0.1, 0.15) is 26.3 Å². The Kier molecular flexibility index (Phi) is 8.65. The summed E-state index contributed by atoms with van der Waals surface area (Å²) < 4.78 is 28.2. The minimum atomic E-state index is -4.04. The van der Waals surface area contributed by atoms with Crippen LogP contribution in [0.4, 0.5) is 5.69 Å². The SMILES string of the molecule is CC(C)NC(=O)C(C)N(Cc1ccccc1)C(=O)CN(c1ccccc1)S(=O)(=O)c1ccccc1. The van der Waals surface area contributed by atoms with Crippen molar-refractivity contribution in [3.63, 3.8) is 0 Å². The van der Waals surface area contributed by atoms with Crippen LogP contribution >= 0.6 is 0 Å². The fraction of sp³-hybridized carbons (Fsp3) is 0.259. The maximum Gasteiger partial charge on any atom is 0.264 e. The number of para-hydroxylation sites is 1. The number of benzene rings is 3. The molecule has 35 heavy (non-hydrogen) atoms. The molecule has 0 aliphatic carbocycles. The van der Waals surface area contributed by atoms with E-state index in [1.165, 1.54) is 17.0 Å². The Morgan fingerprint density at radius 2 is 1.31 bits per heavy atom. The molecular weight excluding hydrogens is 462 g/mol. The maximum atomic E-state index is 13.7. The Bertz CT molecular complexity index is 1220. The number of rotatable bonds is 10. The van der Waals surface area contributed by atoms with E-state index in [4.69, 9.17) is 0 Å². The van der Waals surface area contributed by atoms with E-state index < -0.39 is 28.5 Å². The summed E-state index contributed by atoms with van der Waals surface area (Å²) in [6, 6.07) is 24.9. The first-order valence-electron chi connectivity index (χ1n) is 11.5. The number of nitrogens with one attached hydrogen (secondary N) is 1. The number of carbonyl (C=O) groups is 2. The minimum Gasteiger partial charge on any atom is -0.352 e. The van der Waals surface area contributed by atoms with Crippen molar-refractivity contribution in [2.45, 2.75) is 44.3 Å². The van der Waals surface area contributed by atoms with Crippen molar-refractivity contribution in [2.75, 3.05) is 10.8 Å². The summed E-state index contributed by atoms with van der Waals surface area (Å²) in [5.41, 5.74) is 1.20. The molecule has 0 aliphatic heterocycles. The third-order valence-electron chi connectivity index (χ3n) is 5.45. The van der Waals surface area contributed by atoms with Gasteiger partial charge in [0.05, 0.1) is 10.6 Å². The largest absolute Gasteiger partial charge is 0.352 e. The molecule has 0 aromatic heterocycles. The van der Waals surface area contributed by atoms with Crippen molar-refractivity contribution in [1.82, 2.24) is 10.2 Å². The van der Waals surface area contributed by atoms with E-state index >= 15 is 0 Å². The van der Waals surface area contributed by atoms with Gasteiger partial charge in [-0.3, -0.25) is 13.9 Å². The van der Waals surface area contributed by atoms with Crippen molar-refractivity contribution in [3.8, 4) is 0 Å². The third-order valence-corrected chi connectivity index (χ3v) is 7.24. The summed E-state index contributed by atoms with van der Waals surface area (Å²) in [6.45, 7) is 5.06. The molecule has 0 spiro atoms. The van der Waals surface area contributed by atoms with Gasteiger partial charge in [-0.05, 0) is 50.6 Å². The lowest BCUT2D eigenvalue weighted by Gasteiger charge is -2.32. The van der Waals surface area contributed by atoms with Crippen LogP contribution in [0.25, 0.3) is 0 Å². The molecule has 184 valence electrons. The van der Waals surface area contributed by atoms with Crippen LogP contribution in [0, 0.1) is 0 Å². The van der Waals surface area contributed by atoms with Crippen LogP contribution in [0.2, 0.25) is 0 Å². The van der Waals surface area contributed by atoms with Gasteiger partial charge in [0.15, 0.2) is 0 Å². The molecule has 2 amide bonds. The topological polar surface area (TPSA) is 86.8 Å². The van der Waals surface area contributed by atoms with Crippen molar-refractivity contribution >= 4 is 27.5 Å². The van der Waals surface area contributed by atoms with Gasteiger partial charge >= 0.3 is 0 Å². The van der Waals surface area contributed by atoms with Gasteiger partial charge in [0, 0.05) is 12.6 Å². The van der Waals surface area contributed by atoms with Gasteiger partial charge in [0.2, 0.25) is 11.8 Å². The predicted molar refractivity (Wildman–Crippen MR) is 137 cm³/mol. The molecule has 1 unspecified atom stereocenters. The number of nitrogens with zero attached hydrogens (tertiary/aromatic N) is 2. The third kappa shape index (κ3) is 6.70. The minimum absolute atomic E-state index is 0.0804. The molecule has 0 aliphatic rings. The molecule has 0 bridgehead atoms. The Labute approximate surface area is 207 Å². The average molecular weight is 494 g/mol. The highest BCUT2D eigenvalue weighted by Crippen LogP contribution is 2.24. The smallest absolute Gasteiger partial charge is 0.264 e. The summed E-state index contributed by atoms with van der Waals surface area (Å²) in [6.07, 6.45) is 0. The van der Waals surface area contributed by atoms with Crippen molar-refractivity contribution < 1.29 is 18.0 Å². The first kappa shape index (κ1) is 26.0. The van der Waals surface area contributed by atoms with E-state index in [2.05, 4.69) is 5.32 Å². The molecule has 3 rings (SSSR count). The Balaban J connectivity index is 1.98. The zero-order chi connectivity index (χ0) is 25.4. The van der Waals surface area contributed by atoms with Crippen LogP contribution < -0.4 is 9.62 Å². The Hall–Kier alpha value is -3.65. The molecule has 1 atom stereocenters. The number of anilines is 1. The summed E-state index contributed by atoms with van der Waals surface area (Å²) in [5, 5.41) is 2.84. The predicted octanol–water partition coefficient (Wildman–Crippen LogP) is 3.82. The molecule has 0 saturated heterocycles. The van der Waals surface area contributed by atoms with Gasteiger partial charge < -0.3 is 10.2 Å². The van der Waals surface area contributed by atoms with Gasteiger partial charge in [0.25, 0.3) is 10.0 Å². The second kappa shape index (κ2) is 11.7. The van der Waals surface area contributed by atoms with E-state index in [0.717, 1.165) is 9.87 Å². The summed E-state index contributed by atoms with van der Waals surface area (Å²) in [5.74, 6) is -0.787. The van der Waals surface area contributed by atoms with Gasteiger partial charge in [-0.1, -0.05) is 66.7 Å². The van der Waals surface area contributed by atoms with Gasteiger partial charge in [0.1, 0.15) is 12.6 Å². The van der Waals surface area contributed by atoms with Crippen molar-refractivity contribution in [1.29, 1.82) is 0 Å². The van der Waals surface area contributed by atoms with Gasteiger partial charge in [-0.25, -0.2) is 8.42 Å². The number of amides is 2. The van der Waals surface area contributed by atoms with Crippen LogP contribution in [0.3, 0.4) is 0 Å². The molecule has 0 radical (unpaired) electrons. The molecule has 0 heterocycles. The molecule has 7 nitrogen and oxygen atoms in total. The molecule has 3 aromatic rings. The van der Waals surface area contributed by atoms with Crippen molar-refractivity contribution in [2.24, 2.45) is 0 Å². The number of carbonyl (C=O) groups excluding carboxylic acids is 2. The average Bonchev–Trinajstić information content (AvgIpc) is 2.86. The van der Waals surface area contributed by atoms with Crippen LogP contribution in [-0.4, -0.2) is 43.8 Å². The lowest BCUT2D eigenvalue weighted by atomic mass is 10.1. The molecular formula is C27H31N3O4S. The highest BCUT2D eigenvalue weighted by Gasteiger charge is 2.32. The molecule has 8 heteroatoms. The fourth-order valence-electron chi connectivity index (χ4n) is 3.61. The zero-order valence-electron chi connectivity index (χ0n) is 20.2. The molecule has 0 saturated carbocycles. The standard InChI is InChI=1S/C27H31N3O4S/c1-21(2)28-27(32)22(3)29(19-23-13-7-4-8-14-23)26(31)20-30(24-15-9-5-10-16-24)35(33,34)25-17-11-6-12-18-25/h4-18,21-22H,19-20H2,1-3H3,(H,28,32). The fourth-order valence-corrected chi connectivity index (χ4v) is 5.05. The van der Waals surface area contributed by atoms with E-state index in [0.29, 0.717) is 5.69 Å². The van der Waals surface area contributed by atoms with E-state index in [1.807, 2.05) is 44.2 Å². The molecule has 0 fully saturated rings. The maximum absolute atomic E-state index is 13.7. The van der Waals surface area contributed by atoms with Crippen LogP contribution in [-0.2, 0) is 26.2 Å². The van der Waals surface area contributed by atoms with E-state index in [1.54, 1.807) is 55.5 Å². The summed E-state index contributed by atoms with van der Waals surface area (Å²) >= 11 is 0. The Morgan fingerprint density at radius 3 is 1.86 bits per heavy atom. The van der Waals surface area contributed by atoms with E-state index in [-0.39, 0.29) is 23.4 Å². The molecule has 1 N–H and O–H groups in total. The lowest BCUT2D eigenvalue weighted by molar-refractivity contribution is -0.139. The van der Waals surface area contributed by atoms with E-state index in [9.17, 15) is 18.0 Å². The second-order valence-electron chi connectivity index (χ2n) is 8.51. The number of hydrogen-bond acceptors (Lipinski definition) is 4. The normalized spacial score (nSPS) is 12.1. The summed E-state index contributed by atoms with van der Waals surface area (Å²) in [4.78, 5) is 28.0. The summed E-state index contributed by atoms with van der Waals surface area (Å²) in [7, 11) is -4.04. The van der Waals surface area contributed by atoms with Crippen molar-refractivity contribution in [3.05, 3.63) is 96.6 Å². The number of hydrogen-bond donors (Lipinski definition) is 1. The Morgan fingerprint density at radius 1 is 0.800 bits per heavy atom. The highest BCUT2D eigenvalue weighted by atomic mass is 32.2. The van der Waals surface area contributed by atoms with Gasteiger partial charge in [-0.2, -0.15) is 0 Å². The quantitative estimate of drug-likeness (QED) is 0.465. The second-order valence-corrected chi connectivity index (χ2v) is 10.4. The number of sulfonamides is 1. The van der Waals surface area contributed by atoms with Gasteiger partial charge in [-0.15, -0.1) is 0 Å². The first-order valence-corrected chi connectivity index (χ1v) is 12.9. The first-order chi connectivity index (χ1) is 16.7. The zero-order valence-corrected chi connectivity index (χ0v) is 21.0. The lowest BCUT2D eigenvalue weighted by Crippen LogP contribution is -2.52.